The highest BCUT2D eigenvalue weighted by atomic mass is 15.6. The highest BCUT2D eigenvalue weighted by Gasteiger charge is 2.29. The van der Waals surface area contributed by atoms with Crippen LogP contribution in [-0.2, 0) is 0 Å². The maximum absolute atomic E-state index is 5.23. The third-order valence-electron chi connectivity index (χ3n) is 6.31. The van der Waals surface area contributed by atoms with Gasteiger partial charge in [0, 0.05) is 22.4 Å². The molecule has 5 aromatic rings. The minimum absolute atomic E-state index is 0.623. The largest absolute Gasteiger partial charge is 0.304 e. The average molecular weight is 452 g/mol. The monoisotopic (exact) mass is 451 g/mol. The molecule has 3 nitrogen and oxygen atoms in total. The molecule has 6 rings (SSSR count). The first-order valence-corrected chi connectivity index (χ1v) is 11.9. The molecule has 0 N–H and O–H groups in total. The Hall–Kier alpha value is -4.63. The van der Waals surface area contributed by atoms with E-state index >= 15 is 0 Å². The Labute approximate surface area is 206 Å². The van der Waals surface area contributed by atoms with Crippen molar-refractivity contribution in [2.75, 3.05) is 16.6 Å². The van der Waals surface area contributed by atoms with Crippen LogP contribution in [0, 0.1) is 0 Å². The number of amidine groups is 1. The van der Waals surface area contributed by atoms with Gasteiger partial charge in [-0.25, -0.2) is 5.01 Å². The van der Waals surface area contributed by atoms with E-state index in [1.165, 1.54) is 11.1 Å². The molecule has 0 fully saturated rings. The molecule has 0 saturated heterocycles. The van der Waals surface area contributed by atoms with Gasteiger partial charge in [-0.2, -0.15) is 5.10 Å². The summed E-state index contributed by atoms with van der Waals surface area (Å²) >= 11 is 0. The maximum atomic E-state index is 5.23. The minimum atomic E-state index is 0.623. The molecule has 0 spiro atoms. The molecule has 168 valence electrons. The van der Waals surface area contributed by atoms with Crippen LogP contribution in [0.25, 0.3) is 22.3 Å². The van der Waals surface area contributed by atoms with Crippen molar-refractivity contribution in [2.24, 2.45) is 5.10 Å². The second-order valence-corrected chi connectivity index (χ2v) is 8.53. The van der Waals surface area contributed by atoms with Crippen molar-refractivity contribution in [3.8, 4) is 22.3 Å². The molecule has 1 heterocycles. The summed E-state index contributed by atoms with van der Waals surface area (Å²) in [4.78, 5) is 2.28. The molecule has 0 aromatic heterocycles. The van der Waals surface area contributed by atoms with Crippen molar-refractivity contribution in [2.45, 2.75) is 0 Å². The van der Waals surface area contributed by atoms with Crippen LogP contribution in [0.5, 0.6) is 0 Å². The predicted molar refractivity (Wildman–Crippen MR) is 147 cm³/mol. The fourth-order valence-corrected chi connectivity index (χ4v) is 4.66. The van der Waals surface area contributed by atoms with Crippen LogP contribution in [0.2, 0.25) is 0 Å². The Morgan fingerprint density at radius 2 is 0.914 bits per heavy atom. The van der Waals surface area contributed by atoms with Gasteiger partial charge in [-0.1, -0.05) is 127 Å². The van der Waals surface area contributed by atoms with Crippen molar-refractivity contribution in [1.29, 1.82) is 0 Å². The Morgan fingerprint density at radius 3 is 1.43 bits per heavy atom. The topological polar surface area (TPSA) is 18.8 Å². The van der Waals surface area contributed by atoms with Crippen molar-refractivity contribution in [1.82, 2.24) is 0 Å². The molecular weight excluding hydrogens is 426 g/mol. The zero-order chi connectivity index (χ0) is 23.5. The van der Waals surface area contributed by atoms with Crippen LogP contribution in [0.15, 0.2) is 145 Å². The Bertz CT molecular complexity index is 1390. The summed E-state index contributed by atoms with van der Waals surface area (Å²) < 4.78 is 0. The average Bonchev–Trinajstić information content (AvgIpc) is 3.40. The van der Waals surface area contributed by atoms with Crippen LogP contribution in [0.4, 0.5) is 11.4 Å². The van der Waals surface area contributed by atoms with Gasteiger partial charge in [0.25, 0.3) is 0 Å². The second-order valence-electron chi connectivity index (χ2n) is 8.53. The van der Waals surface area contributed by atoms with Gasteiger partial charge in [0.05, 0.1) is 5.69 Å². The lowest BCUT2D eigenvalue weighted by Gasteiger charge is -2.25. The van der Waals surface area contributed by atoms with E-state index in [2.05, 4.69) is 143 Å². The number of rotatable bonds is 5. The van der Waals surface area contributed by atoms with E-state index in [1.54, 1.807) is 0 Å². The molecule has 3 heteroatoms. The van der Waals surface area contributed by atoms with Gasteiger partial charge in [-0.3, -0.25) is 0 Å². The minimum Gasteiger partial charge on any atom is -0.304 e. The number of hydrogen-bond acceptors (Lipinski definition) is 3. The van der Waals surface area contributed by atoms with E-state index in [0.29, 0.717) is 6.67 Å². The predicted octanol–water partition coefficient (Wildman–Crippen LogP) is 7.67. The summed E-state index contributed by atoms with van der Waals surface area (Å²) in [5.74, 6) is 0.943. The Morgan fingerprint density at radius 1 is 0.457 bits per heavy atom. The third kappa shape index (κ3) is 4.09. The second kappa shape index (κ2) is 9.32. The molecule has 0 bridgehead atoms. The standard InChI is InChI=1S/C32H25N3/c1-5-14-25(15-6-1)29-22-13-23-30(26-16-7-2-8-17-26)31(29)35-24-34(28-20-11-4-12-21-28)32(33-35)27-18-9-3-10-19-27/h1-23H,24H2. The van der Waals surface area contributed by atoms with E-state index in [0.717, 1.165) is 33.9 Å². The SMILES string of the molecule is c1ccc(C2=NN(c3c(-c4ccccc4)cccc3-c3ccccc3)CN2c2ccccc2)cc1. The van der Waals surface area contributed by atoms with Crippen LogP contribution in [-0.4, -0.2) is 12.5 Å². The normalized spacial score (nSPS) is 13.1. The molecule has 0 saturated carbocycles. The smallest absolute Gasteiger partial charge is 0.162 e. The van der Waals surface area contributed by atoms with Crippen LogP contribution in [0.3, 0.4) is 0 Å². The van der Waals surface area contributed by atoms with Crippen molar-refractivity contribution in [3.05, 3.63) is 145 Å². The van der Waals surface area contributed by atoms with E-state index in [1.807, 2.05) is 6.07 Å². The van der Waals surface area contributed by atoms with Crippen molar-refractivity contribution < 1.29 is 0 Å². The van der Waals surface area contributed by atoms with Gasteiger partial charge < -0.3 is 4.90 Å². The quantitative estimate of drug-likeness (QED) is 0.273. The Kier molecular flexibility index (Phi) is 5.57. The van der Waals surface area contributed by atoms with Gasteiger partial charge in [0.2, 0.25) is 0 Å². The lowest BCUT2D eigenvalue weighted by atomic mass is 9.95. The lowest BCUT2D eigenvalue weighted by Crippen LogP contribution is -2.31. The molecule has 0 radical (unpaired) electrons. The van der Waals surface area contributed by atoms with Gasteiger partial charge in [-0.15, -0.1) is 0 Å². The Balaban J connectivity index is 1.55. The van der Waals surface area contributed by atoms with E-state index < -0.39 is 0 Å². The molecular formula is C32H25N3. The zero-order valence-corrected chi connectivity index (χ0v) is 19.3. The number of benzene rings is 5. The first kappa shape index (κ1) is 20.9. The molecule has 0 aliphatic carbocycles. The summed E-state index contributed by atoms with van der Waals surface area (Å²) in [6, 6.07) is 48.6. The molecule has 1 aliphatic heterocycles. The van der Waals surface area contributed by atoms with Crippen LogP contribution < -0.4 is 9.91 Å². The number of hydrazone groups is 1. The summed E-state index contributed by atoms with van der Waals surface area (Å²) in [6.07, 6.45) is 0. The zero-order valence-electron chi connectivity index (χ0n) is 19.3. The fourth-order valence-electron chi connectivity index (χ4n) is 4.66. The van der Waals surface area contributed by atoms with E-state index in [9.17, 15) is 0 Å². The molecule has 0 atom stereocenters. The lowest BCUT2D eigenvalue weighted by molar-refractivity contribution is 0.914. The van der Waals surface area contributed by atoms with Crippen LogP contribution >= 0.6 is 0 Å². The molecule has 0 unspecified atom stereocenters. The highest BCUT2D eigenvalue weighted by molar-refractivity contribution is 6.12. The van der Waals surface area contributed by atoms with Gasteiger partial charge in [-0.05, 0) is 23.3 Å². The number of hydrogen-bond donors (Lipinski definition) is 0. The highest BCUT2D eigenvalue weighted by Crippen LogP contribution is 2.41. The first-order chi connectivity index (χ1) is 17.4. The van der Waals surface area contributed by atoms with Crippen LogP contribution in [0.1, 0.15) is 5.56 Å². The molecule has 0 amide bonds. The van der Waals surface area contributed by atoms with E-state index in [-0.39, 0.29) is 0 Å². The van der Waals surface area contributed by atoms with E-state index in [4.69, 9.17) is 5.10 Å². The van der Waals surface area contributed by atoms with Gasteiger partial charge in [0.1, 0.15) is 6.67 Å². The molecule has 1 aliphatic rings. The molecule has 5 aromatic carbocycles. The summed E-state index contributed by atoms with van der Waals surface area (Å²) in [5, 5.41) is 7.39. The number of nitrogens with zero attached hydrogens (tertiary/aromatic N) is 3. The number of para-hydroxylation sites is 2. The first-order valence-electron chi connectivity index (χ1n) is 11.9. The van der Waals surface area contributed by atoms with Crippen molar-refractivity contribution >= 4 is 17.2 Å². The maximum Gasteiger partial charge on any atom is 0.162 e. The van der Waals surface area contributed by atoms with Crippen molar-refractivity contribution in [3.63, 3.8) is 0 Å². The summed E-state index contributed by atoms with van der Waals surface area (Å²) in [5.41, 5.74) is 8.01. The summed E-state index contributed by atoms with van der Waals surface area (Å²) in [7, 11) is 0. The molecule has 35 heavy (non-hydrogen) atoms. The fraction of sp³-hybridized carbons (Fsp3) is 0.0312. The number of anilines is 2. The third-order valence-corrected chi connectivity index (χ3v) is 6.31. The van der Waals surface area contributed by atoms with Gasteiger partial charge >= 0.3 is 0 Å². The summed E-state index contributed by atoms with van der Waals surface area (Å²) in [6.45, 7) is 0.623. The van der Waals surface area contributed by atoms with Gasteiger partial charge in [0.15, 0.2) is 5.84 Å².